The molecule has 2 aromatic carbocycles. The second-order valence-corrected chi connectivity index (χ2v) is 7.26. The van der Waals surface area contributed by atoms with Crippen molar-refractivity contribution < 1.29 is 33.3 Å². The van der Waals surface area contributed by atoms with Crippen molar-refractivity contribution in [1.29, 1.82) is 0 Å². The van der Waals surface area contributed by atoms with Gasteiger partial charge in [0.15, 0.2) is 0 Å². The van der Waals surface area contributed by atoms with Gasteiger partial charge in [-0.2, -0.15) is 0 Å². The summed E-state index contributed by atoms with van der Waals surface area (Å²) in [6.07, 6.45) is 1.09. The number of halogens is 1. The highest BCUT2D eigenvalue weighted by Crippen LogP contribution is 2.34. The molecule has 3 heterocycles. The fraction of sp³-hybridized carbons (Fsp3) is 0.318. The van der Waals surface area contributed by atoms with Crippen LogP contribution in [0.3, 0.4) is 0 Å². The lowest BCUT2D eigenvalue weighted by atomic mass is 10.0. The first-order chi connectivity index (χ1) is 12.8. The number of benzene rings is 2. The van der Waals surface area contributed by atoms with Crippen LogP contribution in [0.5, 0.6) is 5.75 Å². The van der Waals surface area contributed by atoms with Crippen molar-refractivity contribution in [3.05, 3.63) is 65.4 Å². The van der Waals surface area contributed by atoms with Gasteiger partial charge in [0.1, 0.15) is 24.5 Å². The zero-order valence-electron chi connectivity index (χ0n) is 15.8. The molecule has 5 heteroatoms. The average Bonchev–Trinajstić information content (AvgIpc) is 3.00. The first kappa shape index (κ1) is 18.3. The highest BCUT2D eigenvalue weighted by molar-refractivity contribution is 6.03. The fourth-order valence-corrected chi connectivity index (χ4v) is 4.51. The molecule has 0 radical (unpaired) electrons. The zero-order chi connectivity index (χ0) is 17.7. The Morgan fingerprint density at radius 1 is 1.07 bits per heavy atom. The molecular formula is C22H24IN3O. The van der Waals surface area contributed by atoms with Crippen molar-refractivity contribution in [3.63, 3.8) is 0 Å². The van der Waals surface area contributed by atoms with Gasteiger partial charge in [0.25, 0.3) is 5.84 Å². The van der Waals surface area contributed by atoms with E-state index in [0.29, 0.717) is 0 Å². The highest BCUT2D eigenvalue weighted by atomic mass is 127. The molecule has 5 rings (SSSR count). The summed E-state index contributed by atoms with van der Waals surface area (Å²) < 4.78 is 10.4. The summed E-state index contributed by atoms with van der Waals surface area (Å²) in [5, 5.41) is 1.35. The standard InChI is InChI=1S/C22H24N3O.HI/c1-23-11-10-18-19-14-17(26-2)8-9-20(19)25-13-12-24(22(23)21(18)25)15-16-6-4-3-5-7-16;/h3-9,14H,10-13,15H2,1-2H3;1H/q+1;/p-1. The molecule has 4 nitrogen and oxygen atoms in total. The Morgan fingerprint density at radius 3 is 2.67 bits per heavy atom. The van der Waals surface area contributed by atoms with Crippen LogP contribution >= 0.6 is 0 Å². The van der Waals surface area contributed by atoms with Crippen molar-refractivity contribution in [3.8, 4) is 5.75 Å². The van der Waals surface area contributed by atoms with Crippen LogP contribution in [-0.2, 0) is 19.5 Å². The Balaban J connectivity index is 0.00000180. The minimum atomic E-state index is 0. The lowest BCUT2D eigenvalue weighted by Crippen LogP contribution is -3.00. The molecular weight excluding hydrogens is 449 g/mol. The van der Waals surface area contributed by atoms with Crippen LogP contribution in [0, 0.1) is 0 Å². The number of rotatable bonds is 3. The van der Waals surface area contributed by atoms with Crippen LogP contribution in [0.15, 0.2) is 48.5 Å². The predicted molar refractivity (Wildman–Crippen MR) is 104 cm³/mol. The molecule has 0 unspecified atom stereocenters. The molecule has 0 bridgehead atoms. The van der Waals surface area contributed by atoms with Gasteiger partial charge in [0.2, 0.25) is 0 Å². The van der Waals surface area contributed by atoms with Gasteiger partial charge in [-0.25, -0.2) is 0 Å². The number of amidine groups is 1. The van der Waals surface area contributed by atoms with Gasteiger partial charge < -0.3 is 33.3 Å². The maximum absolute atomic E-state index is 5.48. The van der Waals surface area contributed by atoms with Crippen molar-refractivity contribution in [2.45, 2.75) is 19.5 Å². The average molecular weight is 473 g/mol. The number of nitrogens with zero attached hydrogens (tertiary/aromatic N) is 3. The van der Waals surface area contributed by atoms with E-state index in [2.05, 4.69) is 69.6 Å². The van der Waals surface area contributed by atoms with Crippen LogP contribution in [-0.4, -0.2) is 47.1 Å². The summed E-state index contributed by atoms with van der Waals surface area (Å²) >= 11 is 0. The van der Waals surface area contributed by atoms with Crippen LogP contribution in [0.25, 0.3) is 10.9 Å². The van der Waals surface area contributed by atoms with Crippen LogP contribution in [0.4, 0.5) is 0 Å². The van der Waals surface area contributed by atoms with Crippen molar-refractivity contribution >= 4 is 16.7 Å². The summed E-state index contributed by atoms with van der Waals surface area (Å²) in [4.78, 5) is 2.55. The van der Waals surface area contributed by atoms with Crippen molar-refractivity contribution in [1.82, 2.24) is 9.47 Å². The number of likely N-dealkylation sites (N-methyl/N-ethyl adjacent to an activating group) is 1. The molecule has 3 aromatic rings. The second-order valence-electron chi connectivity index (χ2n) is 7.26. The van der Waals surface area contributed by atoms with E-state index in [1.165, 1.54) is 33.6 Å². The zero-order valence-corrected chi connectivity index (χ0v) is 17.9. The number of aromatic nitrogens is 1. The Kier molecular flexibility index (Phi) is 4.88. The molecule has 0 atom stereocenters. The topological polar surface area (TPSA) is 20.4 Å². The molecule has 0 fully saturated rings. The molecule has 0 amide bonds. The summed E-state index contributed by atoms with van der Waals surface area (Å²) in [5.41, 5.74) is 5.59. The number of fused-ring (bicyclic) bond motifs is 3. The lowest BCUT2D eigenvalue weighted by molar-refractivity contribution is -0.503. The smallest absolute Gasteiger partial charge is 0.296 e. The van der Waals surface area contributed by atoms with Gasteiger partial charge >= 0.3 is 0 Å². The minimum absolute atomic E-state index is 0. The first-order valence-electron chi connectivity index (χ1n) is 9.32. The molecule has 0 N–H and O–H groups in total. The maximum atomic E-state index is 5.48. The van der Waals surface area contributed by atoms with Crippen molar-refractivity contribution in [2.75, 3.05) is 27.2 Å². The SMILES string of the molecule is COc1ccc2c(c1)c1c3n2CCN(Cc2ccccc2)C3=[N+](C)CC1.[I-]. The third-order valence-electron chi connectivity index (χ3n) is 5.76. The highest BCUT2D eigenvalue weighted by Gasteiger charge is 2.38. The third-order valence-corrected chi connectivity index (χ3v) is 5.76. The first-order valence-corrected chi connectivity index (χ1v) is 9.32. The fourth-order valence-electron chi connectivity index (χ4n) is 4.51. The Morgan fingerprint density at radius 2 is 1.89 bits per heavy atom. The van der Waals surface area contributed by atoms with Crippen LogP contribution < -0.4 is 28.7 Å². The van der Waals surface area contributed by atoms with E-state index in [0.717, 1.165) is 38.3 Å². The van der Waals surface area contributed by atoms with E-state index < -0.39 is 0 Å². The molecule has 27 heavy (non-hydrogen) atoms. The molecule has 2 aliphatic rings. The third kappa shape index (κ3) is 2.92. The van der Waals surface area contributed by atoms with Crippen LogP contribution in [0.1, 0.15) is 16.8 Å². The lowest BCUT2D eigenvalue weighted by Gasteiger charge is -2.30. The van der Waals surface area contributed by atoms with Gasteiger partial charge in [-0.15, -0.1) is 0 Å². The number of hydrogen-bond acceptors (Lipinski definition) is 2. The number of methoxy groups -OCH3 is 1. The molecule has 0 saturated carbocycles. The van der Waals surface area contributed by atoms with Gasteiger partial charge in [0.05, 0.1) is 27.2 Å². The Bertz CT molecular complexity index is 1020. The van der Waals surface area contributed by atoms with E-state index in [1.54, 1.807) is 7.11 Å². The molecule has 2 aliphatic heterocycles. The van der Waals surface area contributed by atoms with E-state index in [-0.39, 0.29) is 24.0 Å². The quantitative estimate of drug-likeness (QED) is 0.398. The van der Waals surface area contributed by atoms with Gasteiger partial charge in [-0.3, -0.25) is 9.48 Å². The van der Waals surface area contributed by atoms with Gasteiger partial charge in [-0.05, 0) is 29.3 Å². The normalized spacial score (nSPS) is 15.6. The van der Waals surface area contributed by atoms with E-state index in [9.17, 15) is 0 Å². The van der Waals surface area contributed by atoms with Crippen LogP contribution in [0.2, 0.25) is 0 Å². The summed E-state index contributed by atoms with van der Waals surface area (Å²) in [7, 11) is 3.97. The van der Waals surface area contributed by atoms with Gasteiger partial charge in [-0.1, -0.05) is 30.3 Å². The summed E-state index contributed by atoms with van der Waals surface area (Å²) in [6.45, 7) is 4.09. The summed E-state index contributed by atoms with van der Waals surface area (Å²) in [5.74, 6) is 2.31. The number of hydrogen-bond donors (Lipinski definition) is 0. The Labute approximate surface area is 177 Å². The minimum Gasteiger partial charge on any atom is -1.00 e. The van der Waals surface area contributed by atoms with Gasteiger partial charge in [0, 0.05) is 17.3 Å². The molecule has 1 aromatic heterocycles. The number of ether oxygens (including phenoxy) is 1. The van der Waals surface area contributed by atoms with E-state index in [1.807, 2.05) is 0 Å². The molecule has 140 valence electrons. The predicted octanol–water partition coefficient (Wildman–Crippen LogP) is 0.115. The Hall–Kier alpha value is -2.02. The molecule has 0 aliphatic carbocycles. The van der Waals surface area contributed by atoms with E-state index in [4.69, 9.17) is 4.74 Å². The second kappa shape index (κ2) is 7.19. The van der Waals surface area contributed by atoms with E-state index >= 15 is 0 Å². The monoisotopic (exact) mass is 473 g/mol. The largest absolute Gasteiger partial charge is 1.00 e. The maximum Gasteiger partial charge on any atom is 0.296 e. The molecule has 0 saturated heterocycles. The molecule has 0 spiro atoms. The van der Waals surface area contributed by atoms with Crippen molar-refractivity contribution in [2.24, 2.45) is 0 Å². The summed E-state index contributed by atoms with van der Waals surface area (Å²) in [6, 6.07) is 17.3.